The Hall–Kier alpha value is -2.67. The van der Waals surface area contributed by atoms with Crippen molar-refractivity contribution in [1.82, 2.24) is 24.1 Å². The highest BCUT2D eigenvalue weighted by Gasteiger charge is 2.18. The van der Waals surface area contributed by atoms with Gasteiger partial charge in [0.05, 0.1) is 18.3 Å². The van der Waals surface area contributed by atoms with Crippen LogP contribution in [0.25, 0.3) is 28.3 Å². The maximum absolute atomic E-state index is 9.26. The summed E-state index contributed by atoms with van der Waals surface area (Å²) in [4.78, 5) is 9.09. The van der Waals surface area contributed by atoms with Crippen molar-refractivity contribution in [3.63, 3.8) is 0 Å². The van der Waals surface area contributed by atoms with Crippen LogP contribution in [0.4, 0.5) is 0 Å². The molecule has 0 fully saturated rings. The van der Waals surface area contributed by atoms with Gasteiger partial charge in [-0.2, -0.15) is 0 Å². The Morgan fingerprint density at radius 3 is 2.86 bits per heavy atom. The first kappa shape index (κ1) is 13.0. The second-order valence-corrected chi connectivity index (χ2v) is 5.21. The Morgan fingerprint density at radius 1 is 1.27 bits per heavy atom. The van der Waals surface area contributed by atoms with Crippen molar-refractivity contribution in [2.75, 3.05) is 6.61 Å². The topological polar surface area (TPSA) is 81.4 Å². The van der Waals surface area contributed by atoms with Gasteiger partial charge >= 0.3 is 0 Å². The van der Waals surface area contributed by atoms with E-state index in [1.54, 1.807) is 17.1 Å². The normalized spacial score (nSPS) is 11.8. The minimum atomic E-state index is 0.0707. The summed E-state index contributed by atoms with van der Waals surface area (Å²) in [5, 5.41) is 14.6. The first-order valence-electron chi connectivity index (χ1n) is 7.06. The molecule has 1 N–H and O–H groups in total. The molecule has 112 valence electrons. The standard InChI is InChI=1S/C15H15N5O2/c1-9-10(2)19(5-6-21)14-12(9)15-17-13(11-4-3-7-22-11)18-20(15)8-16-14/h3-4,7-8,21H,5-6H2,1-2H3. The van der Waals surface area contributed by atoms with Crippen molar-refractivity contribution in [3.8, 4) is 11.6 Å². The van der Waals surface area contributed by atoms with Crippen molar-refractivity contribution in [2.24, 2.45) is 0 Å². The maximum atomic E-state index is 9.26. The molecule has 0 amide bonds. The summed E-state index contributed by atoms with van der Waals surface area (Å²) in [5.74, 6) is 1.16. The molecule has 0 saturated carbocycles. The van der Waals surface area contributed by atoms with Crippen molar-refractivity contribution in [2.45, 2.75) is 20.4 Å². The number of aromatic nitrogens is 5. The third-order valence-corrected chi connectivity index (χ3v) is 4.01. The van der Waals surface area contributed by atoms with Gasteiger partial charge in [0.1, 0.15) is 12.0 Å². The molecule has 0 saturated heterocycles. The molecule has 7 nitrogen and oxygen atoms in total. The van der Waals surface area contributed by atoms with E-state index in [1.165, 1.54) is 0 Å². The van der Waals surface area contributed by atoms with Crippen LogP contribution in [0.1, 0.15) is 11.3 Å². The lowest BCUT2D eigenvalue weighted by atomic mass is 10.2. The molecule has 7 heteroatoms. The van der Waals surface area contributed by atoms with Crippen molar-refractivity contribution < 1.29 is 9.52 Å². The zero-order valence-electron chi connectivity index (χ0n) is 12.3. The lowest BCUT2D eigenvalue weighted by molar-refractivity contribution is 0.276. The number of rotatable bonds is 3. The number of fused-ring (bicyclic) bond motifs is 3. The Bertz CT molecular complexity index is 965. The zero-order valence-corrected chi connectivity index (χ0v) is 12.3. The molecule has 22 heavy (non-hydrogen) atoms. The van der Waals surface area contributed by atoms with E-state index in [0.717, 1.165) is 27.9 Å². The third kappa shape index (κ3) is 1.69. The van der Waals surface area contributed by atoms with E-state index in [4.69, 9.17) is 4.42 Å². The van der Waals surface area contributed by atoms with Gasteiger partial charge in [0.2, 0.25) is 5.82 Å². The minimum Gasteiger partial charge on any atom is -0.461 e. The van der Waals surface area contributed by atoms with Crippen LogP contribution in [0, 0.1) is 13.8 Å². The molecular formula is C15H15N5O2. The van der Waals surface area contributed by atoms with E-state index in [0.29, 0.717) is 18.1 Å². The quantitative estimate of drug-likeness (QED) is 0.625. The van der Waals surface area contributed by atoms with Gasteiger partial charge < -0.3 is 14.1 Å². The SMILES string of the molecule is Cc1c(C)n(CCO)c2ncn3nc(-c4ccco4)nc3c12. The van der Waals surface area contributed by atoms with Crippen LogP contribution in [-0.2, 0) is 6.54 Å². The van der Waals surface area contributed by atoms with Gasteiger partial charge in [-0.15, -0.1) is 5.10 Å². The fourth-order valence-electron chi connectivity index (χ4n) is 2.81. The number of hydrogen-bond acceptors (Lipinski definition) is 5. The fourth-order valence-corrected chi connectivity index (χ4v) is 2.81. The molecule has 4 aromatic heterocycles. The molecule has 4 aromatic rings. The van der Waals surface area contributed by atoms with Crippen LogP contribution in [0.2, 0.25) is 0 Å². The molecule has 0 atom stereocenters. The highest BCUT2D eigenvalue weighted by Crippen LogP contribution is 2.28. The average Bonchev–Trinajstić information content (AvgIpc) is 3.21. The first-order chi connectivity index (χ1) is 10.7. The molecular weight excluding hydrogens is 282 g/mol. The number of aryl methyl sites for hydroxylation is 1. The molecule has 0 radical (unpaired) electrons. The van der Waals surface area contributed by atoms with E-state index < -0.39 is 0 Å². The monoisotopic (exact) mass is 297 g/mol. The Balaban J connectivity index is 2.04. The molecule has 0 aliphatic carbocycles. The lowest BCUT2D eigenvalue weighted by Crippen LogP contribution is -2.05. The van der Waals surface area contributed by atoms with E-state index in [-0.39, 0.29) is 6.61 Å². The van der Waals surface area contributed by atoms with Crippen molar-refractivity contribution >= 4 is 16.7 Å². The number of hydrogen-bond donors (Lipinski definition) is 1. The average molecular weight is 297 g/mol. The van der Waals surface area contributed by atoms with E-state index >= 15 is 0 Å². The first-order valence-corrected chi connectivity index (χ1v) is 7.06. The van der Waals surface area contributed by atoms with E-state index in [1.807, 2.05) is 30.5 Å². The summed E-state index contributed by atoms with van der Waals surface area (Å²) in [6.45, 7) is 4.64. The van der Waals surface area contributed by atoms with Crippen LogP contribution >= 0.6 is 0 Å². The van der Waals surface area contributed by atoms with Crippen molar-refractivity contribution in [3.05, 3.63) is 36.0 Å². The molecule has 4 rings (SSSR count). The lowest BCUT2D eigenvalue weighted by Gasteiger charge is -2.04. The highest BCUT2D eigenvalue weighted by molar-refractivity contribution is 5.94. The van der Waals surface area contributed by atoms with Gasteiger partial charge in [-0.3, -0.25) is 0 Å². The Labute approximate surface area is 125 Å². The van der Waals surface area contributed by atoms with Gasteiger partial charge in [0, 0.05) is 12.2 Å². The zero-order chi connectivity index (χ0) is 15.3. The van der Waals surface area contributed by atoms with Crippen LogP contribution < -0.4 is 0 Å². The summed E-state index contributed by atoms with van der Waals surface area (Å²) < 4.78 is 9.03. The van der Waals surface area contributed by atoms with Gasteiger partial charge in [-0.05, 0) is 31.5 Å². The molecule has 0 unspecified atom stereocenters. The molecule has 0 spiro atoms. The summed E-state index contributed by atoms with van der Waals surface area (Å²) >= 11 is 0. The van der Waals surface area contributed by atoms with Crippen molar-refractivity contribution in [1.29, 1.82) is 0 Å². The summed E-state index contributed by atoms with van der Waals surface area (Å²) in [6, 6.07) is 3.64. The van der Waals surface area contributed by atoms with Gasteiger partial charge in [0.25, 0.3) is 0 Å². The number of aliphatic hydroxyl groups excluding tert-OH is 1. The number of nitrogens with zero attached hydrogens (tertiary/aromatic N) is 5. The largest absolute Gasteiger partial charge is 0.461 e. The fraction of sp³-hybridized carbons (Fsp3) is 0.267. The molecule has 0 aromatic carbocycles. The Morgan fingerprint density at radius 2 is 2.14 bits per heavy atom. The highest BCUT2D eigenvalue weighted by atomic mass is 16.3. The second-order valence-electron chi connectivity index (χ2n) is 5.21. The predicted octanol–water partition coefficient (Wildman–Crippen LogP) is 1.95. The summed E-state index contributed by atoms with van der Waals surface area (Å²) in [5.41, 5.74) is 3.73. The third-order valence-electron chi connectivity index (χ3n) is 4.01. The van der Waals surface area contributed by atoms with Crippen LogP contribution in [-0.4, -0.2) is 35.9 Å². The van der Waals surface area contributed by atoms with Crippen LogP contribution in [0.3, 0.4) is 0 Å². The molecule has 0 aliphatic heterocycles. The maximum Gasteiger partial charge on any atom is 0.217 e. The molecule has 4 heterocycles. The summed E-state index contributed by atoms with van der Waals surface area (Å²) in [6.07, 6.45) is 3.24. The number of aliphatic hydroxyl groups is 1. The predicted molar refractivity (Wildman–Crippen MR) is 80.5 cm³/mol. The van der Waals surface area contributed by atoms with E-state index in [2.05, 4.69) is 15.1 Å². The van der Waals surface area contributed by atoms with Gasteiger partial charge in [-0.25, -0.2) is 14.5 Å². The number of furan rings is 1. The second kappa shape index (κ2) is 4.67. The van der Waals surface area contributed by atoms with Gasteiger partial charge in [-0.1, -0.05) is 0 Å². The molecule has 0 aliphatic rings. The van der Waals surface area contributed by atoms with Crippen LogP contribution in [0.5, 0.6) is 0 Å². The minimum absolute atomic E-state index is 0.0707. The Kier molecular flexibility index (Phi) is 2.77. The van der Waals surface area contributed by atoms with Gasteiger partial charge in [0.15, 0.2) is 11.4 Å². The summed E-state index contributed by atoms with van der Waals surface area (Å²) in [7, 11) is 0. The molecule has 0 bridgehead atoms. The van der Waals surface area contributed by atoms with Crippen LogP contribution in [0.15, 0.2) is 29.1 Å². The van der Waals surface area contributed by atoms with E-state index in [9.17, 15) is 5.11 Å². The smallest absolute Gasteiger partial charge is 0.217 e.